The van der Waals surface area contributed by atoms with Crippen molar-refractivity contribution in [3.63, 3.8) is 0 Å². The summed E-state index contributed by atoms with van der Waals surface area (Å²) in [6.07, 6.45) is -0.435. The number of non-ortho nitro benzene ring substituents is 1. The van der Waals surface area contributed by atoms with Gasteiger partial charge in [-0.15, -0.1) is 0 Å². The molecule has 0 heterocycles. The molecule has 1 amide bonds. The lowest BCUT2D eigenvalue weighted by atomic mass is 10.0. The van der Waals surface area contributed by atoms with Crippen molar-refractivity contribution in [2.24, 2.45) is 5.92 Å². The second-order valence-electron chi connectivity index (χ2n) is 7.00. The van der Waals surface area contributed by atoms with Crippen molar-refractivity contribution < 1.29 is 24.0 Å². The van der Waals surface area contributed by atoms with E-state index in [1.54, 1.807) is 20.8 Å². The second kappa shape index (κ2) is 8.46. The van der Waals surface area contributed by atoms with Gasteiger partial charge in [-0.3, -0.25) is 10.1 Å². The minimum absolute atomic E-state index is 0.112. The lowest BCUT2D eigenvalue weighted by molar-refractivity contribution is -0.384. The molecule has 1 aromatic carbocycles. The van der Waals surface area contributed by atoms with Crippen molar-refractivity contribution in [2.45, 2.75) is 52.7 Å². The lowest BCUT2D eigenvalue weighted by Gasteiger charge is -2.25. The van der Waals surface area contributed by atoms with Crippen LogP contribution in [-0.2, 0) is 9.53 Å². The first kappa shape index (κ1) is 20.4. The number of nitrogens with one attached hydrogen (secondary N) is 1. The molecule has 8 heteroatoms. The lowest BCUT2D eigenvalue weighted by Crippen LogP contribution is -2.45. The van der Waals surface area contributed by atoms with Crippen LogP contribution in [0.3, 0.4) is 0 Å². The Morgan fingerprint density at radius 2 is 1.76 bits per heavy atom. The van der Waals surface area contributed by atoms with E-state index in [1.165, 1.54) is 24.3 Å². The quantitative estimate of drug-likeness (QED) is 0.477. The van der Waals surface area contributed by atoms with E-state index >= 15 is 0 Å². The molecule has 0 saturated heterocycles. The van der Waals surface area contributed by atoms with Gasteiger partial charge < -0.3 is 14.8 Å². The summed E-state index contributed by atoms with van der Waals surface area (Å²) < 4.78 is 10.4. The molecule has 0 saturated carbocycles. The number of nitro benzene ring substituents is 1. The fraction of sp³-hybridized carbons (Fsp3) is 0.529. The van der Waals surface area contributed by atoms with Crippen LogP contribution in [0.1, 0.15) is 41.0 Å². The maximum Gasteiger partial charge on any atom is 0.413 e. The number of hydrogen-bond donors (Lipinski definition) is 1. The van der Waals surface area contributed by atoms with Gasteiger partial charge in [0, 0.05) is 12.1 Å². The molecule has 25 heavy (non-hydrogen) atoms. The average Bonchev–Trinajstić information content (AvgIpc) is 2.44. The molecule has 0 bridgehead atoms. The summed E-state index contributed by atoms with van der Waals surface area (Å²) in [5.74, 6) is -0.255. The van der Waals surface area contributed by atoms with Gasteiger partial charge in [-0.25, -0.2) is 9.59 Å². The fourth-order valence-corrected chi connectivity index (χ4v) is 1.97. The molecular weight excluding hydrogens is 328 g/mol. The summed E-state index contributed by atoms with van der Waals surface area (Å²) >= 11 is 0. The zero-order chi connectivity index (χ0) is 19.2. The van der Waals surface area contributed by atoms with E-state index in [-0.39, 0.29) is 17.4 Å². The number of amides is 1. The van der Waals surface area contributed by atoms with E-state index in [0.717, 1.165) is 0 Å². The predicted molar refractivity (Wildman–Crippen MR) is 91.3 cm³/mol. The minimum atomic E-state index is -0.843. The molecule has 1 unspecified atom stereocenters. The molecule has 0 radical (unpaired) electrons. The summed E-state index contributed by atoms with van der Waals surface area (Å²) in [7, 11) is 0. The molecule has 138 valence electrons. The first-order chi connectivity index (χ1) is 11.5. The molecule has 1 rings (SSSR count). The van der Waals surface area contributed by atoms with Gasteiger partial charge in [0.05, 0.1) is 4.92 Å². The molecule has 8 nitrogen and oxygen atoms in total. The van der Waals surface area contributed by atoms with E-state index in [1.807, 2.05) is 13.8 Å². The maximum absolute atomic E-state index is 12.2. The Bertz CT molecular complexity index is 619. The second-order valence-corrected chi connectivity index (χ2v) is 7.00. The summed E-state index contributed by atoms with van der Waals surface area (Å²) in [5, 5.41) is 13.1. The Morgan fingerprint density at radius 1 is 1.20 bits per heavy atom. The van der Waals surface area contributed by atoms with Crippen molar-refractivity contribution in [2.75, 3.05) is 0 Å². The van der Waals surface area contributed by atoms with Gasteiger partial charge in [0.25, 0.3) is 5.69 Å². The van der Waals surface area contributed by atoms with Crippen LogP contribution in [0.15, 0.2) is 24.3 Å². The largest absolute Gasteiger partial charge is 0.458 e. The molecule has 0 spiro atoms. The Balaban J connectivity index is 2.73. The van der Waals surface area contributed by atoms with Crippen molar-refractivity contribution in [1.82, 2.24) is 5.32 Å². The third kappa shape index (κ3) is 7.65. The molecule has 1 aromatic rings. The average molecular weight is 352 g/mol. The SMILES string of the molecule is CC(C)CC(NC(=O)Oc1ccc([N+](=O)[O-])cc1)C(=O)OC(C)(C)C. The number of benzene rings is 1. The fourth-order valence-electron chi connectivity index (χ4n) is 1.97. The number of hydrogen-bond acceptors (Lipinski definition) is 6. The smallest absolute Gasteiger partial charge is 0.413 e. The normalized spacial score (nSPS) is 12.4. The highest BCUT2D eigenvalue weighted by atomic mass is 16.6. The van der Waals surface area contributed by atoms with Crippen LogP contribution >= 0.6 is 0 Å². The number of nitrogens with zero attached hydrogens (tertiary/aromatic N) is 1. The Hall–Kier alpha value is -2.64. The van der Waals surface area contributed by atoms with E-state index in [2.05, 4.69) is 5.32 Å². The van der Waals surface area contributed by atoms with Gasteiger partial charge in [0.1, 0.15) is 17.4 Å². The third-order valence-electron chi connectivity index (χ3n) is 2.95. The van der Waals surface area contributed by atoms with E-state index in [4.69, 9.17) is 9.47 Å². The molecule has 0 aliphatic carbocycles. The Kier molecular flexibility index (Phi) is 6.90. The Labute approximate surface area is 146 Å². The molecule has 0 aliphatic heterocycles. The summed E-state index contributed by atoms with van der Waals surface area (Å²) in [6, 6.07) is 4.22. The van der Waals surface area contributed by atoms with E-state index < -0.39 is 28.6 Å². The minimum Gasteiger partial charge on any atom is -0.458 e. The zero-order valence-corrected chi connectivity index (χ0v) is 15.1. The Morgan fingerprint density at radius 3 is 2.20 bits per heavy atom. The van der Waals surface area contributed by atoms with Crippen molar-refractivity contribution in [3.8, 4) is 5.75 Å². The van der Waals surface area contributed by atoms with Gasteiger partial charge >= 0.3 is 12.1 Å². The van der Waals surface area contributed by atoms with E-state index in [9.17, 15) is 19.7 Å². The number of carbonyl (C=O) groups excluding carboxylic acids is 2. The van der Waals surface area contributed by atoms with Crippen LogP contribution in [0.4, 0.5) is 10.5 Å². The van der Waals surface area contributed by atoms with Gasteiger partial charge in [0.15, 0.2) is 0 Å². The number of rotatable bonds is 6. The number of esters is 1. The van der Waals surface area contributed by atoms with Gasteiger partial charge in [-0.05, 0) is 45.2 Å². The molecule has 0 aromatic heterocycles. The number of ether oxygens (including phenoxy) is 2. The highest BCUT2D eigenvalue weighted by Crippen LogP contribution is 2.18. The summed E-state index contributed by atoms with van der Waals surface area (Å²) in [4.78, 5) is 34.3. The molecule has 1 N–H and O–H groups in total. The molecular formula is C17H24N2O6. The summed E-state index contributed by atoms with van der Waals surface area (Å²) in [5.41, 5.74) is -0.782. The van der Waals surface area contributed by atoms with Gasteiger partial charge in [-0.1, -0.05) is 13.8 Å². The van der Waals surface area contributed by atoms with Gasteiger partial charge in [0.2, 0.25) is 0 Å². The summed E-state index contributed by atoms with van der Waals surface area (Å²) in [6.45, 7) is 9.06. The van der Waals surface area contributed by atoms with Crippen LogP contribution in [0.2, 0.25) is 0 Å². The van der Waals surface area contributed by atoms with Crippen LogP contribution in [0, 0.1) is 16.0 Å². The van der Waals surface area contributed by atoms with Crippen molar-refractivity contribution >= 4 is 17.7 Å². The van der Waals surface area contributed by atoms with Crippen LogP contribution in [0.25, 0.3) is 0 Å². The van der Waals surface area contributed by atoms with E-state index in [0.29, 0.717) is 6.42 Å². The monoisotopic (exact) mass is 352 g/mol. The number of nitro groups is 1. The standard InChI is InChI=1S/C17H24N2O6/c1-11(2)10-14(15(20)25-17(3,4)5)18-16(21)24-13-8-6-12(7-9-13)19(22)23/h6-9,11,14H,10H2,1-5H3,(H,18,21). The third-order valence-corrected chi connectivity index (χ3v) is 2.95. The highest BCUT2D eigenvalue weighted by molar-refractivity contribution is 5.82. The van der Waals surface area contributed by atoms with Crippen LogP contribution in [-0.4, -0.2) is 28.6 Å². The zero-order valence-electron chi connectivity index (χ0n) is 15.1. The predicted octanol–water partition coefficient (Wildman–Crippen LogP) is 3.44. The topological polar surface area (TPSA) is 108 Å². The molecule has 0 fully saturated rings. The first-order valence-corrected chi connectivity index (χ1v) is 7.93. The number of carbonyl (C=O) groups is 2. The van der Waals surface area contributed by atoms with Crippen molar-refractivity contribution in [1.29, 1.82) is 0 Å². The van der Waals surface area contributed by atoms with Crippen molar-refractivity contribution in [3.05, 3.63) is 34.4 Å². The molecule has 1 atom stereocenters. The maximum atomic E-state index is 12.2. The van der Waals surface area contributed by atoms with Crippen LogP contribution < -0.4 is 10.1 Å². The van der Waals surface area contributed by atoms with Gasteiger partial charge in [-0.2, -0.15) is 0 Å². The highest BCUT2D eigenvalue weighted by Gasteiger charge is 2.28. The molecule has 0 aliphatic rings. The van der Waals surface area contributed by atoms with Crippen LogP contribution in [0.5, 0.6) is 5.75 Å². The first-order valence-electron chi connectivity index (χ1n) is 7.93.